The van der Waals surface area contributed by atoms with Crippen LogP contribution in [0.25, 0.3) is 0 Å². The molecule has 0 bridgehead atoms. The van der Waals surface area contributed by atoms with Gasteiger partial charge in [0.05, 0.1) is 22.5 Å². The first-order valence-corrected chi connectivity index (χ1v) is 8.51. The Morgan fingerprint density at radius 1 is 0.821 bits per heavy atom. The monoisotopic (exact) mass is 385 g/mol. The van der Waals surface area contributed by atoms with Crippen LogP contribution in [0.2, 0.25) is 0 Å². The van der Waals surface area contributed by atoms with Crippen molar-refractivity contribution in [1.82, 2.24) is 15.3 Å². The maximum absolute atomic E-state index is 12.3. The highest BCUT2D eigenvalue weighted by atomic mass is 16.5. The molecular weight excluding hydrogens is 366 g/mol. The van der Waals surface area contributed by atoms with E-state index < -0.39 is 11.9 Å². The fourth-order valence-corrected chi connectivity index (χ4v) is 2.50. The molecule has 0 fully saturated rings. The number of esters is 2. The number of hydrogen-bond donors (Lipinski definition) is 0. The lowest BCUT2D eigenvalue weighted by molar-refractivity contribution is 0.0455. The van der Waals surface area contributed by atoms with Crippen molar-refractivity contribution in [2.75, 3.05) is 0 Å². The van der Waals surface area contributed by atoms with Gasteiger partial charge < -0.3 is 18.5 Å². The highest BCUT2D eigenvalue weighted by molar-refractivity contribution is 5.91. The minimum absolute atomic E-state index is 0.00134. The van der Waals surface area contributed by atoms with E-state index in [1.54, 1.807) is 27.7 Å². The maximum Gasteiger partial charge on any atom is 0.357 e. The van der Waals surface area contributed by atoms with Crippen molar-refractivity contribution in [3.8, 4) is 0 Å². The predicted molar refractivity (Wildman–Crippen MR) is 94.4 cm³/mol. The summed E-state index contributed by atoms with van der Waals surface area (Å²) in [4.78, 5) is 28.6. The minimum atomic E-state index is -0.666. The van der Waals surface area contributed by atoms with Gasteiger partial charge in [-0.25, -0.2) is 14.6 Å². The van der Waals surface area contributed by atoms with E-state index in [2.05, 4.69) is 15.3 Å². The van der Waals surface area contributed by atoms with Crippen LogP contribution in [-0.4, -0.2) is 27.2 Å². The topological polar surface area (TPSA) is 118 Å². The van der Waals surface area contributed by atoms with Crippen LogP contribution in [0.15, 0.2) is 27.2 Å². The van der Waals surface area contributed by atoms with Crippen LogP contribution in [0.4, 0.5) is 0 Å². The molecule has 0 unspecified atom stereocenters. The molecule has 0 spiro atoms. The Kier molecular flexibility index (Phi) is 5.53. The SMILES string of the molecule is Cc1noc(C)c1COC(=O)c1cccc(C(=O)OCc2c(C)noc2C)n1. The lowest BCUT2D eigenvalue weighted by atomic mass is 10.2. The number of nitrogens with zero attached hydrogens (tertiary/aromatic N) is 3. The van der Waals surface area contributed by atoms with Crippen molar-refractivity contribution in [3.05, 3.63) is 63.6 Å². The molecule has 3 rings (SSSR count). The molecule has 9 nitrogen and oxygen atoms in total. The van der Waals surface area contributed by atoms with Gasteiger partial charge in [0.15, 0.2) is 0 Å². The van der Waals surface area contributed by atoms with E-state index in [1.165, 1.54) is 18.2 Å². The highest BCUT2D eigenvalue weighted by Crippen LogP contribution is 2.16. The first kappa shape index (κ1) is 19.3. The zero-order chi connectivity index (χ0) is 20.3. The van der Waals surface area contributed by atoms with Gasteiger partial charge in [-0.3, -0.25) is 0 Å². The molecule has 3 heterocycles. The maximum atomic E-state index is 12.3. The summed E-state index contributed by atoms with van der Waals surface area (Å²) in [7, 11) is 0. The van der Waals surface area contributed by atoms with Gasteiger partial charge in [-0.15, -0.1) is 0 Å². The van der Waals surface area contributed by atoms with E-state index in [9.17, 15) is 9.59 Å². The molecule has 0 radical (unpaired) electrons. The molecular formula is C19H19N3O6. The zero-order valence-electron chi connectivity index (χ0n) is 15.9. The Morgan fingerprint density at radius 2 is 1.25 bits per heavy atom. The van der Waals surface area contributed by atoms with Crippen molar-refractivity contribution in [1.29, 1.82) is 0 Å². The van der Waals surface area contributed by atoms with Crippen LogP contribution in [-0.2, 0) is 22.7 Å². The fraction of sp³-hybridized carbons (Fsp3) is 0.316. The molecule has 0 amide bonds. The Bertz CT molecular complexity index is 904. The molecule has 28 heavy (non-hydrogen) atoms. The van der Waals surface area contributed by atoms with Gasteiger partial charge in [-0.05, 0) is 39.8 Å². The molecule has 0 aromatic carbocycles. The number of ether oxygens (including phenoxy) is 2. The lowest BCUT2D eigenvalue weighted by Gasteiger charge is -2.06. The van der Waals surface area contributed by atoms with E-state index in [4.69, 9.17) is 18.5 Å². The summed E-state index contributed by atoms with van der Waals surface area (Å²) in [5, 5.41) is 7.61. The second kappa shape index (κ2) is 8.03. The summed E-state index contributed by atoms with van der Waals surface area (Å²) in [6.45, 7) is 6.99. The van der Waals surface area contributed by atoms with Crippen LogP contribution < -0.4 is 0 Å². The predicted octanol–water partition coefficient (Wildman–Crippen LogP) is 3.01. The summed E-state index contributed by atoms with van der Waals surface area (Å²) in [6.07, 6.45) is 0. The van der Waals surface area contributed by atoms with Crippen molar-refractivity contribution < 1.29 is 28.1 Å². The molecule has 0 aliphatic carbocycles. The standard InChI is InChI=1S/C19H19N3O6/c1-10-14(12(3)27-21-10)8-25-18(23)16-6-5-7-17(20-16)19(24)26-9-15-11(2)22-28-13(15)4/h5-7H,8-9H2,1-4H3. The minimum Gasteiger partial charge on any atom is -0.456 e. The quantitative estimate of drug-likeness (QED) is 0.590. The van der Waals surface area contributed by atoms with E-state index in [1.807, 2.05) is 0 Å². The molecule has 0 saturated heterocycles. The van der Waals surface area contributed by atoms with Gasteiger partial charge in [0.2, 0.25) is 0 Å². The van der Waals surface area contributed by atoms with Crippen molar-refractivity contribution in [2.45, 2.75) is 40.9 Å². The smallest absolute Gasteiger partial charge is 0.357 e. The third-order valence-electron chi connectivity index (χ3n) is 4.23. The number of carbonyl (C=O) groups excluding carboxylic acids is 2. The van der Waals surface area contributed by atoms with E-state index in [-0.39, 0.29) is 24.6 Å². The average Bonchev–Trinajstić information content (AvgIpc) is 3.18. The molecule has 0 N–H and O–H groups in total. The zero-order valence-corrected chi connectivity index (χ0v) is 15.9. The Hall–Kier alpha value is -3.49. The highest BCUT2D eigenvalue weighted by Gasteiger charge is 2.18. The largest absolute Gasteiger partial charge is 0.456 e. The van der Waals surface area contributed by atoms with Crippen LogP contribution in [0, 0.1) is 27.7 Å². The van der Waals surface area contributed by atoms with Crippen molar-refractivity contribution in [3.63, 3.8) is 0 Å². The third-order valence-corrected chi connectivity index (χ3v) is 4.23. The van der Waals surface area contributed by atoms with E-state index in [0.29, 0.717) is 34.0 Å². The molecule has 0 atom stereocenters. The number of pyridine rings is 1. The first-order chi connectivity index (χ1) is 13.4. The normalized spacial score (nSPS) is 10.7. The first-order valence-electron chi connectivity index (χ1n) is 8.51. The third kappa shape index (κ3) is 4.08. The van der Waals surface area contributed by atoms with Crippen molar-refractivity contribution >= 4 is 11.9 Å². The molecule has 0 aliphatic rings. The Labute approximate surface area is 160 Å². The Balaban J connectivity index is 1.64. The average molecular weight is 385 g/mol. The van der Waals surface area contributed by atoms with Crippen LogP contribution in [0.3, 0.4) is 0 Å². The van der Waals surface area contributed by atoms with Gasteiger partial charge in [-0.2, -0.15) is 0 Å². The summed E-state index contributed by atoms with van der Waals surface area (Å²) in [5.41, 5.74) is 2.69. The summed E-state index contributed by atoms with van der Waals surface area (Å²) < 4.78 is 20.5. The molecule has 0 aliphatic heterocycles. The van der Waals surface area contributed by atoms with Crippen LogP contribution in [0.5, 0.6) is 0 Å². The van der Waals surface area contributed by atoms with Crippen LogP contribution in [0.1, 0.15) is 55.0 Å². The molecule has 9 heteroatoms. The number of carbonyl (C=O) groups is 2. The van der Waals surface area contributed by atoms with E-state index >= 15 is 0 Å². The molecule has 3 aromatic rings. The number of aryl methyl sites for hydroxylation is 4. The van der Waals surface area contributed by atoms with Gasteiger partial charge in [0.1, 0.15) is 36.1 Å². The van der Waals surface area contributed by atoms with Gasteiger partial charge in [0, 0.05) is 0 Å². The van der Waals surface area contributed by atoms with Gasteiger partial charge in [-0.1, -0.05) is 16.4 Å². The number of hydrogen-bond acceptors (Lipinski definition) is 9. The molecule has 0 saturated carbocycles. The van der Waals surface area contributed by atoms with Crippen molar-refractivity contribution in [2.24, 2.45) is 0 Å². The van der Waals surface area contributed by atoms with E-state index in [0.717, 1.165) is 0 Å². The fourth-order valence-electron chi connectivity index (χ4n) is 2.50. The summed E-state index contributed by atoms with van der Waals surface area (Å²) in [6, 6.07) is 4.45. The summed E-state index contributed by atoms with van der Waals surface area (Å²) >= 11 is 0. The summed E-state index contributed by atoms with van der Waals surface area (Å²) in [5.74, 6) is -0.175. The molecule has 3 aromatic heterocycles. The van der Waals surface area contributed by atoms with Gasteiger partial charge >= 0.3 is 11.9 Å². The number of rotatable bonds is 6. The lowest BCUT2D eigenvalue weighted by Crippen LogP contribution is -2.13. The van der Waals surface area contributed by atoms with Crippen LogP contribution >= 0.6 is 0 Å². The second-order valence-electron chi connectivity index (χ2n) is 6.17. The van der Waals surface area contributed by atoms with Gasteiger partial charge in [0.25, 0.3) is 0 Å². The second-order valence-corrected chi connectivity index (χ2v) is 6.17. The molecule has 146 valence electrons. The Morgan fingerprint density at radius 3 is 1.61 bits per heavy atom. The number of aromatic nitrogens is 3.